The number of amides is 2. The summed E-state index contributed by atoms with van der Waals surface area (Å²) >= 11 is 0. The van der Waals surface area contributed by atoms with Gasteiger partial charge in [-0.25, -0.2) is 0 Å². The average molecular weight is 526 g/mol. The Morgan fingerprint density at radius 1 is 1.10 bits per heavy atom. The van der Waals surface area contributed by atoms with E-state index in [-0.39, 0.29) is 29.5 Å². The van der Waals surface area contributed by atoms with E-state index in [2.05, 4.69) is 31.5 Å². The van der Waals surface area contributed by atoms with Gasteiger partial charge >= 0.3 is 0 Å². The highest BCUT2D eigenvalue weighted by atomic mass is 16.3. The van der Waals surface area contributed by atoms with Crippen LogP contribution in [0, 0.1) is 0 Å². The van der Waals surface area contributed by atoms with Gasteiger partial charge in [-0.1, -0.05) is 30.3 Å². The number of hydrogen-bond donors (Lipinski definition) is 3. The van der Waals surface area contributed by atoms with Crippen molar-refractivity contribution in [2.75, 3.05) is 31.2 Å². The molecule has 3 N–H and O–H groups in total. The van der Waals surface area contributed by atoms with E-state index in [1.165, 1.54) is 5.56 Å². The van der Waals surface area contributed by atoms with E-state index in [0.29, 0.717) is 39.1 Å². The smallest absolute Gasteiger partial charge is 0.247 e. The Hall–Kier alpha value is -3.91. The molecule has 202 valence electrons. The molecule has 6 rings (SSSR count). The molecule has 8 nitrogen and oxygen atoms in total. The number of likely N-dealkylation sites (tertiary alicyclic amines) is 1. The van der Waals surface area contributed by atoms with Gasteiger partial charge in [-0.05, 0) is 79.1 Å². The van der Waals surface area contributed by atoms with Crippen molar-refractivity contribution >= 4 is 17.5 Å². The van der Waals surface area contributed by atoms with Crippen molar-refractivity contribution in [1.82, 2.24) is 20.5 Å². The number of para-hydroxylation sites is 1. The van der Waals surface area contributed by atoms with E-state index in [1.54, 1.807) is 12.3 Å². The third-order valence-electron chi connectivity index (χ3n) is 8.72. The summed E-state index contributed by atoms with van der Waals surface area (Å²) in [6, 6.07) is 19.7. The first-order chi connectivity index (χ1) is 19.0. The minimum Gasteiger partial charge on any atom is -0.508 e. The molecule has 1 spiro atoms. The van der Waals surface area contributed by atoms with E-state index in [1.807, 2.05) is 54.7 Å². The van der Waals surface area contributed by atoms with Gasteiger partial charge in [0.25, 0.3) is 0 Å². The predicted molar refractivity (Wildman–Crippen MR) is 149 cm³/mol. The van der Waals surface area contributed by atoms with E-state index < -0.39 is 5.54 Å². The maximum atomic E-state index is 13.3. The highest BCUT2D eigenvalue weighted by molar-refractivity contribution is 5.93. The number of aromatic nitrogens is 1. The van der Waals surface area contributed by atoms with Crippen LogP contribution in [0.1, 0.15) is 41.9 Å². The monoisotopic (exact) mass is 525 g/mol. The van der Waals surface area contributed by atoms with Crippen LogP contribution in [0.3, 0.4) is 0 Å². The molecule has 2 saturated heterocycles. The molecular formula is C31H35N5O3. The number of phenols is 1. The summed E-state index contributed by atoms with van der Waals surface area (Å²) in [5.74, 6) is 0.487. The van der Waals surface area contributed by atoms with Gasteiger partial charge in [-0.15, -0.1) is 0 Å². The number of anilines is 1. The molecule has 0 radical (unpaired) electrons. The van der Waals surface area contributed by atoms with E-state index >= 15 is 0 Å². The van der Waals surface area contributed by atoms with Crippen LogP contribution in [-0.2, 0) is 22.4 Å². The molecule has 8 heteroatoms. The number of hydrogen-bond acceptors (Lipinski definition) is 6. The number of nitrogens with one attached hydrogen (secondary N) is 2. The lowest BCUT2D eigenvalue weighted by Crippen LogP contribution is -2.57. The van der Waals surface area contributed by atoms with Crippen molar-refractivity contribution in [3.05, 3.63) is 89.7 Å². The average Bonchev–Trinajstić information content (AvgIpc) is 3.27. The van der Waals surface area contributed by atoms with Gasteiger partial charge in [0, 0.05) is 43.1 Å². The fourth-order valence-corrected chi connectivity index (χ4v) is 6.67. The second-order valence-corrected chi connectivity index (χ2v) is 11.0. The topological polar surface area (TPSA) is 97.8 Å². The zero-order valence-electron chi connectivity index (χ0n) is 22.1. The first-order valence-corrected chi connectivity index (χ1v) is 13.9. The van der Waals surface area contributed by atoms with Crippen molar-refractivity contribution < 1.29 is 14.7 Å². The minimum absolute atomic E-state index is 0.0000591. The summed E-state index contributed by atoms with van der Waals surface area (Å²) in [7, 11) is 0. The summed E-state index contributed by atoms with van der Waals surface area (Å²) in [4.78, 5) is 34.9. The predicted octanol–water partition coefficient (Wildman–Crippen LogP) is 2.97. The molecule has 39 heavy (non-hydrogen) atoms. The second kappa shape index (κ2) is 10.7. The SMILES string of the molecule is O=C(CN1CCC2(CC1)C(=O)NCN2c1ccccc1)NC1CCc2cc(O)ccc2C1Cc1cccnc1. The zero-order chi connectivity index (χ0) is 26.8. The number of aryl methyl sites for hydroxylation is 1. The lowest BCUT2D eigenvalue weighted by atomic mass is 9.76. The molecule has 1 aromatic heterocycles. The number of piperidine rings is 1. The molecular weight excluding hydrogens is 490 g/mol. The first-order valence-electron chi connectivity index (χ1n) is 13.9. The number of fused-ring (bicyclic) bond motifs is 1. The van der Waals surface area contributed by atoms with Crippen molar-refractivity contribution in [3.63, 3.8) is 0 Å². The molecule has 0 saturated carbocycles. The maximum Gasteiger partial charge on any atom is 0.247 e. The number of aromatic hydroxyl groups is 1. The standard InChI is InChI=1S/C31H35N5O3/c37-25-9-10-26-23(18-25)8-11-28(27(26)17-22-5-4-14-32-19-22)34-29(38)20-35-15-12-31(13-16-35)30(39)33-21-36(31)24-6-2-1-3-7-24/h1-7,9-10,14,18-19,27-28,37H,8,11-13,15-17,20-21H2,(H,33,39)(H,34,38). The molecule has 3 aliphatic rings. The summed E-state index contributed by atoms with van der Waals surface area (Å²) < 4.78 is 0. The number of phenolic OH excluding ortho intramolecular Hbond substituents is 1. The van der Waals surface area contributed by atoms with Crippen molar-refractivity contribution in [1.29, 1.82) is 0 Å². The van der Waals surface area contributed by atoms with Crippen LogP contribution < -0.4 is 15.5 Å². The van der Waals surface area contributed by atoms with E-state index in [0.717, 1.165) is 36.1 Å². The number of benzene rings is 2. The maximum absolute atomic E-state index is 13.3. The van der Waals surface area contributed by atoms with Crippen LogP contribution in [0.15, 0.2) is 73.1 Å². The molecule has 3 aromatic rings. The quantitative estimate of drug-likeness (QED) is 0.458. The van der Waals surface area contributed by atoms with Gasteiger partial charge in [0.05, 0.1) is 13.2 Å². The molecule has 0 bridgehead atoms. The van der Waals surface area contributed by atoms with Gasteiger partial charge in [-0.2, -0.15) is 0 Å². The molecule has 2 aliphatic heterocycles. The molecule has 2 amide bonds. The largest absolute Gasteiger partial charge is 0.508 e. The highest BCUT2D eigenvalue weighted by Crippen LogP contribution is 2.37. The molecule has 2 unspecified atom stereocenters. The number of carbonyl (C=O) groups is 2. The van der Waals surface area contributed by atoms with Gasteiger partial charge in [-0.3, -0.25) is 19.5 Å². The number of carbonyl (C=O) groups excluding carboxylic acids is 2. The van der Waals surface area contributed by atoms with E-state index in [9.17, 15) is 14.7 Å². The third-order valence-corrected chi connectivity index (χ3v) is 8.72. The summed E-state index contributed by atoms with van der Waals surface area (Å²) in [5.41, 5.74) is 3.95. The number of nitrogens with zero attached hydrogens (tertiary/aromatic N) is 3. The van der Waals surface area contributed by atoms with Crippen LogP contribution in [0.4, 0.5) is 5.69 Å². The van der Waals surface area contributed by atoms with Crippen molar-refractivity contribution in [3.8, 4) is 5.75 Å². The Kier molecular flexibility index (Phi) is 6.95. The summed E-state index contributed by atoms with van der Waals surface area (Å²) in [5, 5.41) is 16.4. The van der Waals surface area contributed by atoms with Crippen LogP contribution >= 0.6 is 0 Å². The molecule has 2 aromatic carbocycles. The highest BCUT2D eigenvalue weighted by Gasteiger charge is 2.50. The Bertz CT molecular complexity index is 1320. The lowest BCUT2D eigenvalue weighted by molar-refractivity contribution is -0.126. The normalized spacial score (nSPS) is 22.4. The number of rotatable bonds is 6. The van der Waals surface area contributed by atoms with Gasteiger partial charge in [0.1, 0.15) is 11.3 Å². The van der Waals surface area contributed by atoms with Crippen LogP contribution in [-0.4, -0.2) is 64.7 Å². The zero-order valence-corrected chi connectivity index (χ0v) is 22.1. The first kappa shape index (κ1) is 25.4. The Morgan fingerprint density at radius 2 is 1.92 bits per heavy atom. The summed E-state index contributed by atoms with van der Waals surface area (Å²) in [6.45, 7) is 2.22. The fourth-order valence-electron chi connectivity index (χ4n) is 6.67. The molecule has 3 heterocycles. The Morgan fingerprint density at radius 3 is 2.69 bits per heavy atom. The van der Waals surface area contributed by atoms with Crippen molar-refractivity contribution in [2.24, 2.45) is 0 Å². The van der Waals surface area contributed by atoms with Crippen LogP contribution in [0.2, 0.25) is 0 Å². The van der Waals surface area contributed by atoms with Gasteiger partial charge in [0.15, 0.2) is 0 Å². The summed E-state index contributed by atoms with van der Waals surface area (Å²) in [6.07, 6.45) is 7.43. The minimum atomic E-state index is -0.554. The van der Waals surface area contributed by atoms with Crippen molar-refractivity contribution in [2.45, 2.75) is 49.6 Å². The Balaban J connectivity index is 1.11. The molecule has 2 fully saturated rings. The van der Waals surface area contributed by atoms with Gasteiger partial charge < -0.3 is 20.6 Å². The third kappa shape index (κ3) is 5.08. The number of pyridine rings is 1. The second-order valence-electron chi connectivity index (χ2n) is 11.0. The van der Waals surface area contributed by atoms with Crippen LogP contribution in [0.5, 0.6) is 5.75 Å². The molecule has 1 aliphatic carbocycles. The van der Waals surface area contributed by atoms with Crippen LogP contribution in [0.25, 0.3) is 0 Å². The lowest BCUT2D eigenvalue weighted by Gasteiger charge is -2.43. The van der Waals surface area contributed by atoms with E-state index in [4.69, 9.17) is 0 Å². The molecule has 2 atom stereocenters. The Labute approximate surface area is 229 Å². The fraction of sp³-hybridized carbons (Fsp3) is 0.387. The van der Waals surface area contributed by atoms with Gasteiger partial charge in [0.2, 0.25) is 11.8 Å².